The van der Waals surface area contributed by atoms with E-state index in [1.54, 1.807) is 30.5 Å². The molecule has 214 valence electrons. The van der Waals surface area contributed by atoms with E-state index < -0.39 is 5.97 Å². The first-order valence-electron chi connectivity index (χ1n) is 14.9. The maximum absolute atomic E-state index is 13.5. The summed E-state index contributed by atoms with van der Waals surface area (Å²) in [4.78, 5) is 32.1. The van der Waals surface area contributed by atoms with Crippen molar-refractivity contribution in [2.24, 2.45) is 0 Å². The number of anilines is 2. The summed E-state index contributed by atoms with van der Waals surface area (Å²) < 4.78 is 0. The first kappa shape index (κ1) is 27.5. The average molecular weight is 561 g/mol. The molecule has 1 aliphatic heterocycles. The molecule has 1 unspecified atom stereocenters. The third-order valence-electron chi connectivity index (χ3n) is 8.35. The lowest BCUT2D eigenvalue weighted by atomic mass is 9.87. The minimum absolute atomic E-state index is 0.000267. The summed E-state index contributed by atoms with van der Waals surface area (Å²) in [7, 11) is 0. The molecule has 1 saturated heterocycles. The lowest BCUT2D eigenvalue weighted by Crippen LogP contribution is -2.31. The van der Waals surface area contributed by atoms with Crippen molar-refractivity contribution < 1.29 is 14.7 Å². The number of carboxylic acids is 1. The van der Waals surface area contributed by atoms with Crippen LogP contribution in [0.3, 0.4) is 0 Å². The maximum Gasteiger partial charge on any atom is 0.335 e. The molecule has 1 amide bonds. The molecule has 2 heterocycles. The van der Waals surface area contributed by atoms with Crippen LogP contribution in [-0.2, 0) is 13.0 Å². The van der Waals surface area contributed by atoms with Gasteiger partial charge in [0.15, 0.2) is 0 Å². The lowest BCUT2D eigenvalue weighted by molar-refractivity contribution is 0.0696. The predicted octanol–water partition coefficient (Wildman–Crippen LogP) is 6.86. The van der Waals surface area contributed by atoms with Crippen molar-refractivity contribution in [2.45, 2.75) is 51.1 Å². The van der Waals surface area contributed by atoms with Gasteiger partial charge in [-0.3, -0.25) is 9.78 Å². The van der Waals surface area contributed by atoms with E-state index in [1.807, 2.05) is 18.2 Å². The van der Waals surface area contributed by atoms with Crippen molar-refractivity contribution in [3.8, 4) is 11.3 Å². The number of aromatic carboxylic acids is 1. The molecule has 6 rings (SSSR count). The Balaban J connectivity index is 1.28. The van der Waals surface area contributed by atoms with Gasteiger partial charge in [0.1, 0.15) is 0 Å². The van der Waals surface area contributed by atoms with Crippen LogP contribution < -0.4 is 15.5 Å². The van der Waals surface area contributed by atoms with E-state index in [1.165, 1.54) is 30.4 Å². The lowest BCUT2D eigenvalue weighted by Gasteiger charge is -2.29. The Labute approximate surface area is 246 Å². The molecule has 42 heavy (non-hydrogen) atoms. The quantitative estimate of drug-likeness (QED) is 0.218. The second-order valence-electron chi connectivity index (χ2n) is 11.2. The van der Waals surface area contributed by atoms with Gasteiger partial charge in [-0.2, -0.15) is 0 Å². The van der Waals surface area contributed by atoms with Crippen molar-refractivity contribution in [3.63, 3.8) is 0 Å². The summed E-state index contributed by atoms with van der Waals surface area (Å²) >= 11 is 0. The fourth-order valence-electron chi connectivity index (χ4n) is 6.12. The molecule has 0 saturated carbocycles. The number of pyridine rings is 1. The normalized spacial score (nSPS) is 16.4. The van der Waals surface area contributed by atoms with Gasteiger partial charge in [0.25, 0.3) is 5.91 Å². The number of hydrogen-bond donors (Lipinski definition) is 3. The predicted molar refractivity (Wildman–Crippen MR) is 166 cm³/mol. The van der Waals surface area contributed by atoms with Crippen molar-refractivity contribution in [2.75, 3.05) is 23.3 Å². The van der Waals surface area contributed by atoms with Crippen LogP contribution in [0.25, 0.3) is 11.3 Å². The number of hydrogen-bond acceptors (Lipinski definition) is 5. The molecule has 0 bridgehead atoms. The van der Waals surface area contributed by atoms with Crippen molar-refractivity contribution in [3.05, 3.63) is 113 Å². The molecule has 1 aromatic heterocycles. The molecule has 0 radical (unpaired) electrons. The second kappa shape index (κ2) is 12.5. The third kappa shape index (κ3) is 6.15. The number of nitrogens with zero attached hydrogens (tertiary/aromatic N) is 2. The number of carboxylic acid groups (broad SMARTS) is 1. The largest absolute Gasteiger partial charge is 0.478 e. The van der Waals surface area contributed by atoms with Crippen LogP contribution >= 0.6 is 0 Å². The molecular formula is C35H36N4O3. The summed E-state index contributed by atoms with van der Waals surface area (Å²) in [5, 5.41) is 16.2. The molecule has 0 spiro atoms. The fraction of sp³-hybridized carbons (Fsp3) is 0.286. The van der Waals surface area contributed by atoms with E-state index in [2.05, 4.69) is 51.9 Å². The topological polar surface area (TPSA) is 94.6 Å². The molecule has 1 atom stereocenters. The van der Waals surface area contributed by atoms with Gasteiger partial charge in [-0.05, 0) is 97.7 Å². The highest BCUT2D eigenvalue weighted by molar-refractivity contribution is 5.96. The zero-order valence-electron chi connectivity index (χ0n) is 23.7. The highest BCUT2D eigenvalue weighted by atomic mass is 16.4. The van der Waals surface area contributed by atoms with Gasteiger partial charge in [0.2, 0.25) is 0 Å². The van der Waals surface area contributed by atoms with Crippen molar-refractivity contribution >= 4 is 23.3 Å². The van der Waals surface area contributed by atoms with Gasteiger partial charge in [-0.1, -0.05) is 36.4 Å². The Bertz CT molecular complexity index is 1590. The van der Waals surface area contributed by atoms with E-state index in [-0.39, 0.29) is 17.5 Å². The Morgan fingerprint density at radius 3 is 2.60 bits per heavy atom. The van der Waals surface area contributed by atoms with Crippen LogP contribution in [0.5, 0.6) is 0 Å². The first-order valence-corrected chi connectivity index (χ1v) is 14.9. The highest BCUT2D eigenvalue weighted by Crippen LogP contribution is 2.34. The van der Waals surface area contributed by atoms with E-state index >= 15 is 0 Å². The monoisotopic (exact) mass is 560 g/mol. The summed E-state index contributed by atoms with van der Waals surface area (Å²) in [6.45, 7) is 2.50. The number of benzene rings is 3. The van der Waals surface area contributed by atoms with E-state index in [0.29, 0.717) is 17.8 Å². The standard InChI is InChI=1S/C35H36N4O3/c40-34(38-32-13-7-10-25-9-2-3-12-29(25)32)26-16-17-36-33(21-26)30-22-28(39-18-4-1-5-19-39)14-15-31(30)37-23-24-8-6-11-27(20-24)35(41)42/h2-3,6,8-9,11-12,14-17,20-22,32,37H,1,4-5,7,10,13,18-19,23H2,(H,38,40)(H,41,42). The van der Waals surface area contributed by atoms with Crippen molar-refractivity contribution in [1.82, 2.24) is 10.3 Å². The zero-order chi connectivity index (χ0) is 28.9. The number of piperidine rings is 1. The summed E-state index contributed by atoms with van der Waals surface area (Å²) in [6, 6.07) is 25.3. The van der Waals surface area contributed by atoms with Crippen LogP contribution in [0.2, 0.25) is 0 Å². The van der Waals surface area contributed by atoms with E-state index in [4.69, 9.17) is 4.98 Å². The summed E-state index contributed by atoms with van der Waals surface area (Å²) in [6.07, 6.45) is 8.33. The van der Waals surface area contributed by atoms with Crippen LogP contribution in [0.15, 0.2) is 85.1 Å². The Morgan fingerprint density at radius 2 is 1.74 bits per heavy atom. The van der Waals surface area contributed by atoms with Gasteiger partial charge in [-0.25, -0.2) is 4.79 Å². The maximum atomic E-state index is 13.5. The number of aryl methyl sites for hydroxylation is 1. The van der Waals surface area contributed by atoms with Crippen LogP contribution in [0, 0.1) is 0 Å². The van der Waals surface area contributed by atoms with E-state index in [9.17, 15) is 14.7 Å². The number of amides is 1. The zero-order valence-corrected chi connectivity index (χ0v) is 23.7. The number of carbonyl (C=O) groups excluding carboxylic acids is 1. The van der Waals surface area contributed by atoms with Gasteiger partial charge in [0, 0.05) is 48.3 Å². The Morgan fingerprint density at radius 1 is 0.881 bits per heavy atom. The fourth-order valence-corrected chi connectivity index (χ4v) is 6.12. The van der Waals surface area contributed by atoms with Gasteiger partial charge < -0.3 is 20.6 Å². The average Bonchev–Trinajstić information content (AvgIpc) is 3.04. The Kier molecular flexibility index (Phi) is 8.17. The van der Waals surface area contributed by atoms with Crippen molar-refractivity contribution in [1.29, 1.82) is 0 Å². The first-order chi connectivity index (χ1) is 20.5. The smallest absolute Gasteiger partial charge is 0.335 e. The van der Waals surface area contributed by atoms with Crippen LogP contribution in [-0.4, -0.2) is 35.1 Å². The van der Waals surface area contributed by atoms with Gasteiger partial charge in [-0.15, -0.1) is 0 Å². The SMILES string of the molecule is O=C(O)c1cccc(CNc2ccc(N3CCCCC3)cc2-c2cc(C(=O)NC3CCCc4ccccc43)ccn2)c1. The molecule has 4 aromatic rings. The molecule has 7 heteroatoms. The number of aromatic nitrogens is 1. The minimum atomic E-state index is -0.945. The molecule has 7 nitrogen and oxygen atoms in total. The van der Waals surface area contributed by atoms with Crippen LogP contribution in [0.4, 0.5) is 11.4 Å². The number of fused-ring (bicyclic) bond motifs is 1. The molecule has 3 aromatic carbocycles. The summed E-state index contributed by atoms with van der Waals surface area (Å²) in [5.41, 5.74) is 7.86. The number of nitrogens with one attached hydrogen (secondary N) is 2. The highest BCUT2D eigenvalue weighted by Gasteiger charge is 2.23. The Hall–Kier alpha value is -4.65. The van der Waals surface area contributed by atoms with Gasteiger partial charge >= 0.3 is 5.97 Å². The minimum Gasteiger partial charge on any atom is -0.478 e. The third-order valence-corrected chi connectivity index (χ3v) is 8.35. The van der Waals surface area contributed by atoms with Gasteiger partial charge in [0.05, 0.1) is 17.3 Å². The number of rotatable bonds is 8. The van der Waals surface area contributed by atoms with E-state index in [0.717, 1.165) is 54.9 Å². The molecule has 1 fully saturated rings. The summed E-state index contributed by atoms with van der Waals surface area (Å²) in [5.74, 6) is -1.05. The second-order valence-corrected chi connectivity index (χ2v) is 11.2. The molecule has 1 aliphatic carbocycles. The molecule has 2 aliphatic rings. The molecular weight excluding hydrogens is 524 g/mol. The molecule has 3 N–H and O–H groups in total. The van der Waals surface area contributed by atoms with Crippen LogP contribution in [0.1, 0.15) is 75.6 Å². The number of carbonyl (C=O) groups is 2.